The normalized spacial score (nSPS) is 10.4. The first kappa shape index (κ1) is 14.1. The Morgan fingerprint density at radius 3 is 2.90 bits per heavy atom. The lowest BCUT2D eigenvalue weighted by Gasteiger charge is -2.07. The summed E-state index contributed by atoms with van der Waals surface area (Å²) in [5.74, 6) is 0.338. The van der Waals surface area contributed by atoms with Gasteiger partial charge >= 0.3 is 5.63 Å². The Hall–Kier alpha value is -2.30. The maximum Gasteiger partial charge on any atom is 0.336 e. The van der Waals surface area contributed by atoms with Crippen molar-refractivity contribution in [1.29, 1.82) is 0 Å². The smallest absolute Gasteiger partial charge is 0.336 e. The molecule has 0 aliphatic rings. The van der Waals surface area contributed by atoms with E-state index in [9.17, 15) is 9.59 Å². The van der Waals surface area contributed by atoms with Crippen molar-refractivity contribution in [3.63, 3.8) is 0 Å². The van der Waals surface area contributed by atoms with E-state index in [0.717, 1.165) is 18.2 Å². The molecule has 0 saturated carbocycles. The second-order valence-corrected chi connectivity index (χ2v) is 4.45. The molecule has 1 heterocycles. The van der Waals surface area contributed by atoms with Crippen LogP contribution in [0.4, 0.5) is 0 Å². The molecule has 0 unspecified atom stereocenters. The van der Waals surface area contributed by atoms with Gasteiger partial charge in [0.25, 0.3) is 5.91 Å². The van der Waals surface area contributed by atoms with E-state index in [1.807, 2.05) is 0 Å². The lowest BCUT2D eigenvalue weighted by molar-refractivity contribution is -0.123. The summed E-state index contributed by atoms with van der Waals surface area (Å²) in [5.41, 5.74) is 0.0355. The van der Waals surface area contributed by atoms with Gasteiger partial charge in [-0.3, -0.25) is 4.79 Å². The summed E-state index contributed by atoms with van der Waals surface area (Å²) in [7, 11) is 0. The third-order valence-electron chi connectivity index (χ3n) is 2.82. The predicted molar refractivity (Wildman–Crippen MR) is 75.9 cm³/mol. The summed E-state index contributed by atoms with van der Waals surface area (Å²) >= 11 is 0. The molecule has 0 aliphatic heterocycles. The highest BCUT2D eigenvalue weighted by Crippen LogP contribution is 2.19. The van der Waals surface area contributed by atoms with Crippen LogP contribution in [0.1, 0.15) is 19.8 Å². The van der Waals surface area contributed by atoms with Crippen LogP contribution >= 0.6 is 0 Å². The van der Waals surface area contributed by atoms with Gasteiger partial charge in [0.1, 0.15) is 11.3 Å². The van der Waals surface area contributed by atoms with Crippen molar-refractivity contribution in [2.75, 3.05) is 13.2 Å². The molecule has 0 saturated heterocycles. The monoisotopic (exact) mass is 275 g/mol. The zero-order valence-corrected chi connectivity index (χ0v) is 11.3. The number of carbonyl (C=O) groups excluding carboxylic acids is 1. The number of ether oxygens (including phenoxy) is 1. The maximum atomic E-state index is 11.5. The minimum absolute atomic E-state index is 0.0493. The number of carbonyl (C=O) groups is 1. The fraction of sp³-hybridized carbons (Fsp3) is 0.333. The van der Waals surface area contributed by atoms with Crippen molar-refractivity contribution in [3.05, 3.63) is 40.8 Å². The molecule has 106 valence electrons. The molecule has 0 fully saturated rings. The molecular formula is C15H17NO4. The highest BCUT2D eigenvalue weighted by atomic mass is 16.5. The van der Waals surface area contributed by atoms with Gasteiger partial charge in [0.05, 0.1) is 0 Å². The van der Waals surface area contributed by atoms with E-state index < -0.39 is 5.63 Å². The van der Waals surface area contributed by atoms with Crippen LogP contribution in [0.15, 0.2) is 39.5 Å². The number of rotatable bonds is 6. The van der Waals surface area contributed by atoms with Crippen LogP contribution in [0.2, 0.25) is 0 Å². The van der Waals surface area contributed by atoms with Crippen LogP contribution in [-0.4, -0.2) is 19.1 Å². The Balaban J connectivity index is 1.96. The highest BCUT2D eigenvalue weighted by Gasteiger charge is 2.04. The van der Waals surface area contributed by atoms with Gasteiger partial charge in [0, 0.05) is 24.1 Å². The molecular weight excluding hydrogens is 258 g/mol. The first-order chi connectivity index (χ1) is 9.69. The fourth-order valence-corrected chi connectivity index (χ4v) is 1.74. The summed E-state index contributed by atoms with van der Waals surface area (Å²) in [4.78, 5) is 22.6. The fourth-order valence-electron chi connectivity index (χ4n) is 1.74. The van der Waals surface area contributed by atoms with Crippen LogP contribution in [0, 0.1) is 0 Å². The van der Waals surface area contributed by atoms with Crippen molar-refractivity contribution in [1.82, 2.24) is 5.32 Å². The topological polar surface area (TPSA) is 68.5 Å². The van der Waals surface area contributed by atoms with E-state index >= 15 is 0 Å². The summed E-state index contributed by atoms with van der Waals surface area (Å²) in [6, 6.07) is 8.17. The SMILES string of the molecule is CCCCNC(=O)COc1ccc2ccc(=O)oc2c1. The predicted octanol–water partition coefficient (Wildman–Crippen LogP) is 2.09. The Morgan fingerprint density at radius 1 is 1.30 bits per heavy atom. The molecule has 0 radical (unpaired) electrons. The summed E-state index contributed by atoms with van der Waals surface area (Å²) in [6.45, 7) is 2.67. The second kappa shape index (κ2) is 6.75. The molecule has 0 atom stereocenters. The quantitative estimate of drug-likeness (QED) is 0.647. The first-order valence-corrected chi connectivity index (χ1v) is 6.62. The molecule has 5 heteroatoms. The van der Waals surface area contributed by atoms with Crippen molar-refractivity contribution >= 4 is 16.9 Å². The summed E-state index contributed by atoms with van der Waals surface area (Å²) < 4.78 is 10.4. The molecule has 0 aliphatic carbocycles. The summed E-state index contributed by atoms with van der Waals surface area (Å²) in [5, 5.41) is 3.57. The van der Waals surface area contributed by atoms with Gasteiger partial charge < -0.3 is 14.5 Å². The average Bonchev–Trinajstić information content (AvgIpc) is 2.45. The van der Waals surface area contributed by atoms with Crippen LogP contribution in [0.25, 0.3) is 11.0 Å². The molecule has 1 N–H and O–H groups in total. The molecule has 2 rings (SSSR count). The zero-order chi connectivity index (χ0) is 14.4. The number of nitrogens with one attached hydrogen (secondary N) is 1. The molecule has 0 spiro atoms. The first-order valence-electron chi connectivity index (χ1n) is 6.62. The Bertz CT molecular complexity index is 648. The molecule has 1 aromatic heterocycles. The van der Waals surface area contributed by atoms with Gasteiger partial charge in [-0.15, -0.1) is 0 Å². The van der Waals surface area contributed by atoms with Gasteiger partial charge in [0.2, 0.25) is 0 Å². The van der Waals surface area contributed by atoms with E-state index in [2.05, 4.69) is 12.2 Å². The largest absolute Gasteiger partial charge is 0.484 e. The van der Waals surface area contributed by atoms with E-state index in [-0.39, 0.29) is 12.5 Å². The molecule has 5 nitrogen and oxygen atoms in total. The minimum atomic E-state index is -0.410. The maximum absolute atomic E-state index is 11.5. The Labute approximate surface area is 116 Å². The number of unbranched alkanes of at least 4 members (excludes halogenated alkanes) is 1. The van der Waals surface area contributed by atoms with Crippen LogP contribution in [-0.2, 0) is 4.79 Å². The van der Waals surface area contributed by atoms with Crippen molar-refractivity contribution < 1.29 is 13.9 Å². The van der Waals surface area contributed by atoms with Gasteiger partial charge in [-0.1, -0.05) is 13.3 Å². The Morgan fingerprint density at radius 2 is 2.10 bits per heavy atom. The molecule has 0 bridgehead atoms. The Kier molecular flexibility index (Phi) is 4.76. The van der Waals surface area contributed by atoms with E-state index in [1.54, 1.807) is 24.3 Å². The van der Waals surface area contributed by atoms with Gasteiger partial charge in [-0.25, -0.2) is 4.79 Å². The van der Waals surface area contributed by atoms with E-state index in [4.69, 9.17) is 9.15 Å². The molecule has 20 heavy (non-hydrogen) atoms. The molecule has 1 amide bonds. The van der Waals surface area contributed by atoms with Crippen LogP contribution in [0.3, 0.4) is 0 Å². The number of amides is 1. The van der Waals surface area contributed by atoms with Gasteiger partial charge in [-0.05, 0) is 24.6 Å². The minimum Gasteiger partial charge on any atom is -0.484 e. The third-order valence-corrected chi connectivity index (χ3v) is 2.82. The van der Waals surface area contributed by atoms with Crippen molar-refractivity contribution in [2.45, 2.75) is 19.8 Å². The van der Waals surface area contributed by atoms with Gasteiger partial charge in [-0.2, -0.15) is 0 Å². The number of benzene rings is 1. The lowest BCUT2D eigenvalue weighted by atomic mass is 10.2. The third kappa shape index (κ3) is 3.85. The average molecular weight is 275 g/mol. The molecule has 2 aromatic rings. The van der Waals surface area contributed by atoms with E-state index in [1.165, 1.54) is 6.07 Å². The number of hydrogen-bond donors (Lipinski definition) is 1. The molecule has 1 aromatic carbocycles. The number of fused-ring (bicyclic) bond motifs is 1. The van der Waals surface area contributed by atoms with Crippen LogP contribution in [0.5, 0.6) is 5.75 Å². The standard InChI is InChI=1S/C15H17NO4/c1-2-3-8-16-14(17)10-19-12-6-4-11-5-7-15(18)20-13(11)9-12/h4-7,9H,2-3,8,10H2,1H3,(H,16,17). The van der Waals surface area contributed by atoms with Gasteiger partial charge in [0.15, 0.2) is 6.61 Å². The van der Waals surface area contributed by atoms with Crippen molar-refractivity contribution in [3.8, 4) is 5.75 Å². The van der Waals surface area contributed by atoms with Crippen molar-refractivity contribution in [2.24, 2.45) is 0 Å². The second-order valence-electron chi connectivity index (χ2n) is 4.45. The van der Waals surface area contributed by atoms with Crippen LogP contribution < -0.4 is 15.7 Å². The zero-order valence-electron chi connectivity index (χ0n) is 11.3. The summed E-state index contributed by atoms with van der Waals surface area (Å²) in [6.07, 6.45) is 1.98. The number of hydrogen-bond acceptors (Lipinski definition) is 4. The van der Waals surface area contributed by atoms with E-state index in [0.29, 0.717) is 17.9 Å². The lowest BCUT2D eigenvalue weighted by Crippen LogP contribution is -2.29. The highest BCUT2D eigenvalue weighted by molar-refractivity contribution is 5.79.